The van der Waals surface area contributed by atoms with Crippen LogP contribution < -0.4 is 5.56 Å². The first-order chi connectivity index (χ1) is 13.2. The molecule has 3 rings (SSSR count). The number of ether oxygens (including phenoxy) is 1. The molecule has 0 atom stereocenters. The van der Waals surface area contributed by atoms with E-state index in [1.54, 1.807) is 12.3 Å². The van der Waals surface area contributed by atoms with Crippen LogP contribution >= 0.6 is 0 Å². The summed E-state index contributed by atoms with van der Waals surface area (Å²) in [6.45, 7) is 10.8. The van der Waals surface area contributed by atoms with Crippen molar-refractivity contribution in [2.24, 2.45) is 5.92 Å². The van der Waals surface area contributed by atoms with Crippen molar-refractivity contribution < 1.29 is 9.53 Å². The quantitative estimate of drug-likeness (QED) is 0.613. The second kappa shape index (κ2) is 7.96. The van der Waals surface area contributed by atoms with E-state index in [0.717, 1.165) is 29.1 Å². The Morgan fingerprint density at radius 1 is 1.21 bits per heavy atom. The molecule has 28 heavy (non-hydrogen) atoms. The molecule has 0 N–H and O–H groups in total. The molecule has 0 saturated heterocycles. The van der Waals surface area contributed by atoms with Gasteiger partial charge in [-0.2, -0.15) is 5.10 Å². The minimum Gasteiger partial charge on any atom is -0.459 e. The summed E-state index contributed by atoms with van der Waals surface area (Å²) in [6, 6.07) is 5.06. The number of rotatable bonds is 6. The molecular formula is C21H26N4O3. The highest BCUT2D eigenvalue weighted by Crippen LogP contribution is 2.16. The Morgan fingerprint density at radius 2 is 1.96 bits per heavy atom. The summed E-state index contributed by atoms with van der Waals surface area (Å²) in [5.74, 6) is 0.112. The second-order valence-electron chi connectivity index (χ2n) is 7.58. The van der Waals surface area contributed by atoms with Crippen LogP contribution in [0.5, 0.6) is 0 Å². The Morgan fingerprint density at radius 3 is 2.68 bits per heavy atom. The van der Waals surface area contributed by atoms with E-state index in [1.807, 2.05) is 31.5 Å². The molecule has 3 aromatic heterocycles. The van der Waals surface area contributed by atoms with E-state index in [-0.39, 0.29) is 24.6 Å². The third-order valence-electron chi connectivity index (χ3n) is 4.63. The van der Waals surface area contributed by atoms with E-state index in [9.17, 15) is 9.59 Å². The summed E-state index contributed by atoms with van der Waals surface area (Å²) in [5.41, 5.74) is 4.47. The number of aromatic nitrogens is 4. The molecule has 0 spiro atoms. The van der Waals surface area contributed by atoms with Gasteiger partial charge in [0.2, 0.25) is 0 Å². The Bertz CT molecular complexity index is 1080. The van der Waals surface area contributed by atoms with E-state index in [2.05, 4.69) is 23.9 Å². The average Bonchev–Trinajstić information content (AvgIpc) is 2.87. The van der Waals surface area contributed by atoms with E-state index in [1.165, 1.54) is 10.5 Å². The third-order valence-corrected chi connectivity index (χ3v) is 4.63. The highest BCUT2D eigenvalue weighted by molar-refractivity contribution is 5.73. The van der Waals surface area contributed by atoms with Crippen molar-refractivity contribution in [3.05, 3.63) is 63.0 Å². The molecule has 0 radical (unpaired) electrons. The van der Waals surface area contributed by atoms with Crippen molar-refractivity contribution in [2.75, 3.05) is 0 Å². The fraction of sp³-hybridized carbons (Fsp3) is 0.429. The van der Waals surface area contributed by atoms with Crippen molar-refractivity contribution in [1.82, 2.24) is 19.2 Å². The molecule has 7 nitrogen and oxygen atoms in total. The molecular weight excluding hydrogens is 356 g/mol. The van der Waals surface area contributed by atoms with Gasteiger partial charge in [0.1, 0.15) is 12.3 Å². The number of nitrogens with zero attached hydrogens (tertiary/aromatic N) is 4. The van der Waals surface area contributed by atoms with Gasteiger partial charge in [0.25, 0.3) is 5.56 Å². The van der Waals surface area contributed by atoms with Crippen LogP contribution in [0, 0.1) is 26.7 Å². The molecule has 3 heterocycles. The normalized spacial score (nSPS) is 11.4. The summed E-state index contributed by atoms with van der Waals surface area (Å²) in [7, 11) is 0. The van der Waals surface area contributed by atoms with Gasteiger partial charge in [-0.25, -0.2) is 4.98 Å². The van der Waals surface area contributed by atoms with Crippen LogP contribution in [0.1, 0.15) is 42.1 Å². The number of carbonyl (C=O) groups is 1. The topological polar surface area (TPSA) is 78.5 Å². The highest BCUT2D eigenvalue weighted by Gasteiger charge is 2.17. The summed E-state index contributed by atoms with van der Waals surface area (Å²) in [4.78, 5) is 29.0. The average molecular weight is 382 g/mol. The summed E-state index contributed by atoms with van der Waals surface area (Å²) < 4.78 is 8.80. The predicted octanol–water partition coefficient (Wildman–Crippen LogP) is 2.76. The zero-order valence-electron chi connectivity index (χ0n) is 17.0. The molecule has 7 heteroatoms. The number of carbonyl (C=O) groups excluding carboxylic acids is 1. The minimum atomic E-state index is -0.360. The van der Waals surface area contributed by atoms with E-state index in [0.29, 0.717) is 17.3 Å². The second-order valence-corrected chi connectivity index (χ2v) is 7.58. The molecule has 148 valence electrons. The fourth-order valence-corrected chi connectivity index (χ4v) is 3.20. The van der Waals surface area contributed by atoms with Gasteiger partial charge >= 0.3 is 5.97 Å². The summed E-state index contributed by atoms with van der Waals surface area (Å²) in [5, 5.41) is 4.53. The number of fused-ring (bicyclic) bond motifs is 1. The van der Waals surface area contributed by atoms with Crippen LogP contribution in [0.3, 0.4) is 0 Å². The highest BCUT2D eigenvalue weighted by atomic mass is 16.5. The predicted molar refractivity (Wildman–Crippen MR) is 106 cm³/mol. The molecule has 0 aliphatic rings. The zero-order chi connectivity index (χ0) is 20.4. The Hall–Kier alpha value is -2.96. The standard InChI is InChI=1S/C21H26N4O3/c1-13(2)10-25-16(5)18(15(4)23-25)9-21(27)28-12-17-8-20(26)24-11-14(3)6-7-19(24)22-17/h6-8,11,13H,9-10,12H2,1-5H3. The Kier molecular flexibility index (Phi) is 5.63. The van der Waals surface area contributed by atoms with Crippen molar-refractivity contribution >= 4 is 11.6 Å². The molecule has 0 aromatic carbocycles. The lowest BCUT2D eigenvalue weighted by Gasteiger charge is -2.08. The van der Waals surface area contributed by atoms with Gasteiger partial charge < -0.3 is 4.74 Å². The van der Waals surface area contributed by atoms with Crippen molar-refractivity contribution in [2.45, 2.75) is 54.2 Å². The van der Waals surface area contributed by atoms with E-state index < -0.39 is 0 Å². The third kappa shape index (κ3) is 4.30. The van der Waals surface area contributed by atoms with Gasteiger partial charge in [-0.15, -0.1) is 0 Å². The Balaban J connectivity index is 1.70. The molecule has 0 saturated carbocycles. The first kappa shape index (κ1) is 19.8. The van der Waals surface area contributed by atoms with Gasteiger partial charge in [-0.05, 0) is 38.3 Å². The van der Waals surface area contributed by atoms with Gasteiger partial charge in [0.15, 0.2) is 0 Å². The molecule has 0 fully saturated rings. The largest absolute Gasteiger partial charge is 0.459 e. The zero-order valence-corrected chi connectivity index (χ0v) is 17.0. The van der Waals surface area contributed by atoms with Crippen LogP contribution in [0.2, 0.25) is 0 Å². The SMILES string of the molecule is Cc1ccc2nc(COC(=O)Cc3c(C)nn(CC(C)C)c3C)cc(=O)n2c1. The minimum absolute atomic E-state index is 0.0311. The van der Waals surface area contributed by atoms with Crippen LogP contribution in [0.4, 0.5) is 0 Å². The molecule has 3 aromatic rings. The number of esters is 1. The first-order valence-corrected chi connectivity index (χ1v) is 9.42. The van der Waals surface area contributed by atoms with Crippen molar-refractivity contribution in [3.63, 3.8) is 0 Å². The fourth-order valence-electron chi connectivity index (χ4n) is 3.20. The van der Waals surface area contributed by atoms with Gasteiger partial charge in [-0.1, -0.05) is 19.9 Å². The van der Waals surface area contributed by atoms with E-state index in [4.69, 9.17) is 4.74 Å². The van der Waals surface area contributed by atoms with E-state index >= 15 is 0 Å². The molecule has 0 aliphatic carbocycles. The maximum atomic E-state index is 12.3. The summed E-state index contributed by atoms with van der Waals surface area (Å²) in [6.07, 6.45) is 1.89. The van der Waals surface area contributed by atoms with Crippen molar-refractivity contribution in [1.29, 1.82) is 0 Å². The van der Waals surface area contributed by atoms with Gasteiger partial charge in [-0.3, -0.25) is 18.7 Å². The number of hydrogen-bond donors (Lipinski definition) is 0. The Labute approximate surface area is 164 Å². The molecule has 0 aliphatic heterocycles. The van der Waals surface area contributed by atoms with Crippen LogP contribution in [0.25, 0.3) is 5.65 Å². The smallest absolute Gasteiger partial charge is 0.310 e. The maximum Gasteiger partial charge on any atom is 0.310 e. The number of hydrogen-bond acceptors (Lipinski definition) is 5. The molecule has 0 unspecified atom stereocenters. The maximum absolute atomic E-state index is 12.3. The molecule has 0 amide bonds. The summed E-state index contributed by atoms with van der Waals surface area (Å²) >= 11 is 0. The lowest BCUT2D eigenvalue weighted by molar-refractivity contribution is -0.144. The van der Waals surface area contributed by atoms with Crippen molar-refractivity contribution in [3.8, 4) is 0 Å². The number of pyridine rings is 1. The number of aryl methyl sites for hydroxylation is 2. The van der Waals surface area contributed by atoms with Crippen LogP contribution in [-0.4, -0.2) is 25.1 Å². The lowest BCUT2D eigenvalue weighted by atomic mass is 10.1. The van der Waals surface area contributed by atoms with Crippen LogP contribution in [-0.2, 0) is 29.1 Å². The monoisotopic (exact) mass is 382 g/mol. The van der Waals surface area contributed by atoms with Gasteiger partial charge in [0, 0.05) is 30.1 Å². The van der Waals surface area contributed by atoms with Gasteiger partial charge in [0.05, 0.1) is 17.8 Å². The lowest BCUT2D eigenvalue weighted by Crippen LogP contribution is -2.17. The molecule has 0 bridgehead atoms. The van der Waals surface area contributed by atoms with Crippen LogP contribution in [0.15, 0.2) is 29.2 Å². The first-order valence-electron chi connectivity index (χ1n) is 9.42.